The maximum Gasteiger partial charge on any atom is 0.256 e. The Bertz CT molecular complexity index is 2320. The highest BCUT2D eigenvalue weighted by molar-refractivity contribution is 6.77. The molecule has 11 nitrogen and oxygen atoms in total. The smallest absolute Gasteiger partial charge is 0.256 e. The second-order valence-electron chi connectivity index (χ2n) is 16.1. The molecule has 0 radical (unpaired) electrons. The molecule has 0 aliphatic carbocycles. The van der Waals surface area contributed by atoms with Crippen LogP contribution in [0.1, 0.15) is 74.8 Å². The molecule has 1 saturated heterocycles. The lowest BCUT2D eigenvalue weighted by Gasteiger charge is -2.44. The molecule has 1 fully saturated rings. The van der Waals surface area contributed by atoms with Crippen LogP contribution in [0.5, 0.6) is 11.5 Å². The van der Waals surface area contributed by atoms with Crippen molar-refractivity contribution in [3.8, 4) is 11.5 Å². The minimum atomic E-state index is -2.66. The van der Waals surface area contributed by atoms with Gasteiger partial charge in [0.05, 0.1) is 26.2 Å². The number of hydrogen-bond acceptors (Lipinski definition) is 9. The number of ketones is 1. The first-order chi connectivity index (χ1) is 28.9. The molecule has 60 heavy (non-hydrogen) atoms. The van der Waals surface area contributed by atoms with Crippen LogP contribution in [-0.4, -0.2) is 67.6 Å². The predicted octanol–water partition coefficient (Wildman–Crippen LogP) is 9.74. The number of anilines is 1. The number of aromatic nitrogens is 3. The van der Waals surface area contributed by atoms with Gasteiger partial charge in [-0.15, -0.1) is 0 Å². The van der Waals surface area contributed by atoms with Crippen LogP contribution in [0.15, 0.2) is 128 Å². The molecule has 1 amide bonds. The van der Waals surface area contributed by atoms with Crippen LogP contribution in [-0.2, 0) is 24.3 Å². The summed E-state index contributed by atoms with van der Waals surface area (Å²) in [6.07, 6.45) is 0.335. The first kappa shape index (κ1) is 42.5. The molecular weight excluding hydrogens is 773 g/mol. The molecule has 6 aromatic rings. The van der Waals surface area contributed by atoms with Crippen LogP contribution in [0.3, 0.4) is 0 Å². The van der Waals surface area contributed by atoms with Gasteiger partial charge in [0.1, 0.15) is 41.0 Å². The fourth-order valence-electron chi connectivity index (χ4n) is 9.03. The van der Waals surface area contributed by atoms with E-state index in [1.807, 2.05) is 114 Å². The maximum absolute atomic E-state index is 15.1. The van der Waals surface area contributed by atoms with E-state index in [2.05, 4.69) is 56.8 Å². The molecule has 0 spiro atoms. The Morgan fingerprint density at radius 1 is 0.750 bits per heavy atom. The van der Waals surface area contributed by atoms with Crippen molar-refractivity contribution < 1.29 is 33.0 Å². The number of Topliss-reactive ketones (excluding diaryl/α,β-unsaturated/α-hetero) is 1. The Morgan fingerprint density at radius 3 is 1.82 bits per heavy atom. The van der Waals surface area contributed by atoms with Crippen molar-refractivity contribution in [3.63, 3.8) is 0 Å². The molecule has 0 saturated carbocycles. The molecule has 2 aromatic heterocycles. The molecule has 1 N–H and O–H groups in total. The minimum Gasteiger partial charge on any atom is -0.497 e. The summed E-state index contributed by atoms with van der Waals surface area (Å²) >= 11 is 0. The van der Waals surface area contributed by atoms with Gasteiger partial charge in [-0.3, -0.25) is 9.59 Å². The summed E-state index contributed by atoms with van der Waals surface area (Å²) < 4.78 is 34.4. The van der Waals surface area contributed by atoms with Gasteiger partial charge in [-0.05, 0) is 75.8 Å². The average Bonchev–Trinajstić information content (AvgIpc) is 3.84. The second kappa shape index (κ2) is 17.9. The number of nitrogens with zero attached hydrogens (tertiary/aromatic N) is 3. The quantitative estimate of drug-likeness (QED) is 0.0751. The van der Waals surface area contributed by atoms with E-state index in [9.17, 15) is 4.79 Å². The van der Waals surface area contributed by atoms with Gasteiger partial charge in [-0.2, -0.15) is 0 Å². The zero-order chi connectivity index (χ0) is 42.6. The topological polar surface area (TPSA) is 123 Å². The molecule has 3 heterocycles. The fraction of sp³-hybridized carbons (Fsp3) is 0.333. The number of nitrogens with one attached hydrogen (secondary N) is 1. The van der Waals surface area contributed by atoms with Crippen molar-refractivity contribution in [1.29, 1.82) is 0 Å². The zero-order valence-electron chi connectivity index (χ0n) is 35.5. The van der Waals surface area contributed by atoms with E-state index < -0.39 is 32.4 Å². The molecular formula is C48H54N4O7Si. The number of methoxy groups -OCH3 is 2. The number of carbonyl (C=O) groups is 2. The lowest BCUT2D eigenvalue weighted by Crippen LogP contribution is -2.52. The van der Waals surface area contributed by atoms with Gasteiger partial charge in [0.2, 0.25) is 8.32 Å². The van der Waals surface area contributed by atoms with Crippen LogP contribution in [0.4, 0.5) is 5.82 Å². The van der Waals surface area contributed by atoms with E-state index in [1.54, 1.807) is 26.4 Å². The summed E-state index contributed by atoms with van der Waals surface area (Å²) in [5.74, 6) is 1.23. The van der Waals surface area contributed by atoms with Crippen molar-refractivity contribution in [3.05, 3.63) is 150 Å². The molecule has 7 rings (SSSR count). The fourth-order valence-corrected chi connectivity index (χ4v) is 14.5. The summed E-state index contributed by atoms with van der Waals surface area (Å²) in [6, 6.07) is 36.3. The van der Waals surface area contributed by atoms with Crippen molar-refractivity contribution in [2.75, 3.05) is 26.1 Å². The highest BCUT2D eigenvalue weighted by Crippen LogP contribution is 2.47. The third-order valence-corrected chi connectivity index (χ3v) is 18.0. The second-order valence-corrected chi connectivity index (χ2v) is 21.5. The summed E-state index contributed by atoms with van der Waals surface area (Å²) in [5.41, 5.74) is 2.92. The van der Waals surface area contributed by atoms with Gasteiger partial charge < -0.3 is 33.3 Å². The lowest BCUT2D eigenvalue weighted by atomic mass is 9.80. The monoisotopic (exact) mass is 826 g/mol. The molecule has 0 unspecified atom stereocenters. The first-order valence-electron chi connectivity index (χ1n) is 20.5. The molecule has 0 bridgehead atoms. The number of ether oxygens (including phenoxy) is 4. The Labute approximate surface area is 353 Å². The van der Waals surface area contributed by atoms with Gasteiger partial charge in [0, 0.05) is 11.8 Å². The highest BCUT2D eigenvalue weighted by Gasteiger charge is 2.54. The standard InChI is InChI=1S/C48H54N4O7Si/c1-31(2)60(32(3)4,33(5)6)59-43-42(53)41(58-47(43)52-28-27-40-44(49-30-50-45(40)52)51-46(54)34-15-11-9-12-16-34)29-57-48(35-17-13-10-14-18-35,36-19-23-38(55-7)24-20-36)37-21-25-39(56-8)26-22-37/h9-28,30-33,41,43,47H,29H2,1-8H3,(H,49,50,51,54)/t41-,43-,47-/m1/s1. The number of fused-ring (bicyclic) bond motifs is 1. The first-order valence-corrected chi connectivity index (χ1v) is 22.6. The zero-order valence-corrected chi connectivity index (χ0v) is 36.5. The molecule has 1 aliphatic heterocycles. The van der Waals surface area contributed by atoms with Crippen molar-refractivity contribution >= 4 is 36.9 Å². The van der Waals surface area contributed by atoms with Crippen LogP contribution >= 0.6 is 0 Å². The van der Waals surface area contributed by atoms with Gasteiger partial charge in [0.25, 0.3) is 5.91 Å². The van der Waals surface area contributed by atoms with Crippen LogP contribution in [0.25, 0.3) is 11.0 Å². The highest BCUT2D eigenvalue weighted by atomic mass is 28.4. The van der Waals surface area contributed by atoms with Crippen molar-refractivity contribution in [2.24, 2.45) is 0 Å². The minimum absolute atomic E-state index is 0.103. The van der Waals surface area contributed by atoms with Crippen molar-refractivity contribution in [1.82, 2.24) is 14.5 Å². The summed E-state index contributed by atoms with van der Waals surface area (Å²) in [7, 11) is 0.606. The molecule has 4 aromatic carbocycles. The van der Waals surface area contributed by atoms with Crippen LogP contribution < -0.4 is 14.8 Å². The molecule has 312 valence electrons. The Kier molecular flexibility index (Phi) is 12.7. The Morgan fingerprint density at radius 2 is 1.28 bits per heavy atom. The van der Waals surface area contributed by atoms with Gasteiger partial charge in [0.15, 0.2) is 18.1 Å². The molecule has 12 heteroatoms. The third kappa shape index (κ3) is 7.88. The number of carbonyl (C=O) groups excluding carboxylic acids is 2. The van der Waals surface area contributed by atoms with Gasteiger partial charge in [-0.1, -0.05) is 114 Å². The number of benzene rings is 4. The normalized spacial score (nSPS) is 17.2. The average molecular weight is 827 g/mol. The Hall–Kier alpha value is -5.66. The van der Waals surface area contributed by atoms with E-state index >= 15 is 4.79 Å². The maximum atomic E-state index is 15.1. The molecule has 3 atom stereocenters. The molecule has 1 aliphatic rings. The lowest BCUT2D eigenvalue weighted by molar-refractivity contribution is -0.131. The van der Waals surface area contributed by atoms with E-state index in [0.717, 1.165) is 16.7 Å². The number of amides is 1. The van der Waals surface area contributed by atoms with Crippen molar-refractivity contribution in [2.45, 2.75) is 82.2 Å². The third-order valence-electron chi connectivity index (χ3n) is 11.9. The summed E-state index contributed by atoms with van der Waals surface area (Å²) in [6.45, 7) is 13.1. The van der Waals surface area contributed by atoms with E-state index in [1.165, 1.54) is 6.33 Å². The van der Waals surface area contributed by atoms with Crippen LogP contribution in [0, 0.1) is 0 Å². The van der Waals surface area contributed by atoms with Gasteiger partial charge >= 0.3 is 0 Å². The number of rotatable bonds is 16. The predicted molar refractivity (Wildman–Crippen MR) is 235 cm³/mol. The van der Waals surface area contributed by atoms with Gasteiger partial charge in [-0.25, -0.2) is 9.97 Å². The SMILES string of the molecule is COc1ccc(C(OC[C@H]2O[C@@H](n3ccc4c(NC(=O)c5ccccc5)ncnc43)[C@H](O[Si](C(C)C)(C(C)C)C(C)C)C2=O)(c2ccccc2)c2ccc(OC)cc2)cc1. The van der Waals surface area contributed by atoms with E-state index in [-0.39, 0.29) is 34.9 Å². The van der Waals surface area contributed by atoms with Crippen LogP contribution in [0.2, 0.25) is 16.6 Å². The van der Waals surface area contributed by atoms with E-state index in [4.69, 9.17) is 23.4 Å². The number of hydrogen-bond donors (Lipinski definition) is 1. The largest absolute Gasteiger partial charge is 0.497 e. The summed E-state index contributed by atoms with van der Waals surface area (Å²) in [5, 5.41) is 3.54. The summed E-state index contributed by atoms with van der Waals surface area (Å²) in [4.78, 5) is 37.4. The van der Waals surface area contributed by atoms with E-state index in [0.29, 0.717) is 33.9 Å². The Balaban J connectivity index is 1.31.